The maximum atomic E-state index is 12.4. The molecule has 2 heterocycles. The van der Waals surface area contributed by atoms with E-state index in [0.29, 0.717) is 28.9 Å². The number of aromatic nitrogens is 1. The molecule has 3 rings (SSSR count). The van der Waals surface area contributed by atoms with Gasteiger partial charge in [-0.25, -0.2) is 4.98 Å². The minimum absolute atomic E-state index is 0.0499. The second kappa shape index (κ2) is 10.2. The van der Waals surface area contributed by atoms with Gasteiger partial charge in [-0.2, -0.15) is 0 Å². The molecule has 1 fully saturated rings. The molecule has 2 aromatic rings. The number of morpholine rings is 1. The van der Waals surface area contributed by atoms with Crippen LogP contribution in [0.1, 0.15) is 11.5 Å². The molecule has 152 valence electrons. The zero-order chi connectivity index (χ0) is 19.9. The van der Waals surface area contributed by atoms with Gasteiger partial charge < -0.3 is 14.5 Å². The van der Waals surface area contributed by atoms with Gasteiger partial charge >= 0.3 is 0 Å². The van der Waals surface area contributed by atoms with Crippen molar-refractivity contribution in [1.82, 2.24) is 15.2 Å². The van der Waals surface area contributed by atoms with Crippen LogP contribution < -0.4 is 5.32 Å². The van der Waals surface area contributed by atoms with Crippen molar-refractivity contribution < 1.29 is 18.2 Å². The fourth-order valence-corrected chi connectivity index (χ4v) is 4.05. The lowest BCUT2D eigenvalue weighted by molar-refractivity contribution is -0.118. The molecule has 1 N–H and O–H groups in total. The number of carbonyl (C=O) groups is 1. The number of hydrogen-bond acceptors (Lipinski definition) is 6. The van der Waals surface area contributed by atoms with Gasteiger partial charge in [0.2, 0.25) is 11.8 Å². The minimum atomic E-state index is -1.36. The lowest BCUT2D eigenvalue weighted by atomic mass is 10.2. The molecule has 0 bridgehead atoms. The maximum absolute atomic E-state index is 12.4. The Morgan fingerprint density at radius 3 is 2.71 bits per heavy atom. The van der Waals surface area contributed by atoms with Crippen LogP contribution >= 0.6 is 11.6 Å². The summed E-state index contributed by atoms with van der Waals surface area (Å²) in [5.74, 6) is 0.971. The van der Waals surface area contributed by atoms with Crippen molar-refractivity contribution >= 4 is 28.3 Å². The highest BCUT2D eigenvalue weighted by Crippen LogP contribution is 2.24. The normalized spacial score (nSPS) is 16.1. The summed E-state index contributed by atoms with van der Waals surface area (Å²) in [4.78, 5) is 18.7. The monoisotopic (exact) mass is 425 g/mol. The molecule has 1 aromatic carbocycles. The van der Waals surface area contributed by atoms with Gasteiger partial charge in [-0.15, -0.1) is 0 Å². The third-order valence-corrected chi connectivity index (χ3v) is 5.86. The van der Waals surface area contributed by atoms with Crippen LogP contribution in [0.25, 0.3) is 11.5 Å². The van der Waals surface area contributed by atoms with Crippen molar-refractivity contribution in [3.63, 3.8) is 0 Å². The molecular formula is C19H24ClN3O4S. The summed E-state index contributed by atoms with van der Waals surface area (Å²) < 4.78 is 23.3. The second-order valence-electron chi connectivity index (χ2n) is 6.56. The number of ether oxygens (including phenoxy) is 1. The van der Waals surface area contributed by atoms with Gasteiger partial charge in [0, 0.05) is 47.6 Å². The SMILES string of the molecule is Cc1oc(-c2ccc(Cl)cc2)nc1CS(=O)CC(=O)NCCN1CCOCC1. The number of rotatable bonds is 8. The third kappa shape index (κ3) is 6.13. The molecule has 1 amide bonds. The molecule has 0 spiro atoms. The smallest absolute Gasteiger partial charge is 0.232 e. The highest BCUT2D eigenvalue weighted by molar-refractivity contribution is 7.84. The van der Waals surface area contributed by atoms with Crippen LogP contribution in [0.15, 0.2) is 28.7 Å². The average Bonchev–Trinajstić information content (AvgIpc) is 3.03. The fourth-order valence-electron chi connectivity index (χ4n) is 2.86. The lowest BCUT2D eigenvalue weighted by Crippen LogP contribution is -2.42. The first-order chi connectivity index (χ1) is 13.5. The number of aryl methyl sites for hydroxylation is 1. The molecule has 7 nitrogen and oxygen atoms in total. The van der Waals surface area contributed by atoms with E-state index in [2.05, 4.69) is 15.2 Å². The van der Waals surface area contributed by atoms with Crippen LogP contribution in [0.2, 0.25) is 5.02 Å². The largest absolute Gasteiger partial charge is 0.441 e. The molecule has 0 aliphatic carbocycles. The summed E-state index contributed by atoms with van der Waals surface area (Å²) in [6.07, 6.45) is 0. The van der Waals surface area contributed by atoms with Gasteiger partial charge in [-0.05, 0) is 31.2 Å². The van der Waals surface area contributed by atoms with Crippen LogP contribution in [-0.2, 0) is 26.1 Å². The predicted molar refractivity (Wildman–Crippen MR) is 109 cm³/mol. The molecule has 1 saturated heterocycles. The van der Waals surface area contributed by atoms with E-state index in [1.807, 2.05) is 12.1 Å². The Morgan fingerprint density at radius 2 is 2.00 bits per heavy atom. The first kappa shape index (κ1) is 21.0. The first-order valence-electron chi connectivity index (χ1n) is 9.15. The molecule has 1 aliphatic rings. The lowest BCUT2D eigenvalue weighted by Gasteiger charge is -2.26. The Bertz CT molecular complexity index is 819. The second-order valence-corrected chi connectivity index (χ2v) is 8.45. The minimum Gasteiger partial charge on any atom is -0.441 e. The van der Waals surface area contributed by atoms with E-state index in [0.717, 1.165) is 38.4 Å². The average molecular weight is 426 g/mol. The van der Waals surface area contributed by atoms with Crippen molar-refractivity contribution in [1.29, 1.82) is 0 Å². The number of amides is 1. The van der Waals surface area contributed by atoms with Gasteiger partial charge in [0.05, 0.1) is 24.7 Å². The summed E-state index contributed by atoms with van der Waals surface area (Å²) in [6.45, 7) is 6.31. The zero-order valence-corrected chi connectivity index (χ0v) is 17.4. The zero-order valence-electron chi connectivity index (χ0n) is 15.8. The number of halogens is 1. The Labute approximate surface area is 171 Å². The number of hydrogen-bond donors (Lipinski definition) is 1. The van der Waals surface area contributed by atoms with Gasteiger partial charge in [-0.3, -0.25) is 13.9 Å². The summed E-state index contributed by atoms with van der Waals surface area (Å²) >= 11 is 5.90. The number of carbonyl (C=O) groups excluding carboxylic acids is 1. The van der Waals surface area contributed by atoms with Gasteiger partial charge in [-0.1, -0.05) is 11.6 Å². The Morgan fingerprint density at radius 1 is 1.29 bits per heavy atom. The standard InChI is InChI=1S/C19H24ClN3O4S/c1-14-17(22-19(27-14)15-2-4-16(20)5-3-15)12-28(25)13-18(24)21-6-7-23-8-10-26-11-9-23/h2-5H,6-13H2,1H3,(H,21,24). The molecule has 1 unspecified atom stereocenters. The fraction of sp³-hybridized carbons (Fsp3) is 0.474. The Balaban J connectivity index is 1.46. The van der Waals surface area contributed by atoms with Crippen LogP contribution in [0.4, 0.5) is 0 Å². The van der Waals surface area contributed by atoms with E-state index in [9.17, 15) is 9.00 Å². The maximum Gasteiger partial charge on any atom is 0.232 e. The quantitative estimate of drug-likeness (QED) is 0.696. The van der Waals surface area contributed by atoms with Crippen LogP contribution in [-0.4, -0.2) is 65.1 Å². The third-order valence-electron chi connectivity index (χ3n) is 4.43. The van der Waals surface area contributed by atoms with Crippen LogP contribution in [0.3, 0.4) is 0 Å². The van der Waals surface area contributed by atoms with Gasteiger partial charge in [0.15, 0.2) is 0 Å². The summed E-state index contributed by atoms with van der Waals surface area (Å²) in [5.41, 5.74) is 1.40. The Kier molecular flexibility index (Phi) is 7.61. The van der Waals surface area contributed by atoms with Crippen LogP contribution in [0, 0.1) is 6.92 Å². The molecule has 1 atom stereocenters. The van der Waals surface area contributed by atoms with E-state index < -0.39 is 10.8 Å². The highest BCUT2D eigenvalue weighted by Gasteiger charge is 2.16. The number of nitrogens with zero attached hydrogens (tertiary/aromatic N) is 2. The van der Waals surface area contributed by atoms with Crippen molar-refractivity contribution in [2.24, 2.45) is 0 Å². The Hall–Kier alpha value is -1.74. The molecule has 1 aliphatic heterocycles. The van der Waals surface area contributed by atoms with Gasteiger partial charge in [0.25, 0.3) is 0 Å². The van der Waals surface area contributed by atoms with E-state index in [4.69, 9.17) is 20.8 Å². The molecule has 0 radical (unpaired) electrons. The number of benzene rings is 1. The van der Waals surface area contributed by atoms with E-state index in [1.165, 1.54) is 0 Å². The topological polar surface area (TPSA) is 84.7 Å². The van der Waals surface area contributed by atoms with Crippen molar-refractivity contribution in [2.45, 2.75) is 12.7 Å². The molecule has 28 heavy (non-hydrogen) atoms. The predicted octanol–water partition coefficient (Wildman–Crippen LogP) is 2.00. The molecule has 9 heteroatoms. The van der Waals surface area contributed by atoms with Crippen molar-refractivity contribution in [2.75, 3.05) is 45.1 Å². The van der Waals surface area contributed by atoms with Gasteiger partial charge in [0.1, 0.15) is 11.5 Å². The summed E-state index contributed by atoms with van der Waals surface area (Å²) in [5, 5.41) is 3.46. The highest BCUT2D eigenvalue weighted by atomic mass is 35.5. The van der Waals surface area contributed by atoms with E-state index in [-0.39, 0.29) is 17.4 Å². The number of oxazole rings is 1. The van der Waals surface area contributed by atoms with Crippen molar-refractivity contribution in [3.8, 4) is 11.5 Å². The number of nitrogens with one attached hydrogen (secondary N) is 1. The van der Waals surface area contributed by atoms with E-state index in [1.54, 1.807) is 19.1 Å². The summed E-state index contributed by atoms with van der Waals surface area (Å²) in [6, 6.07) is 7.15. The van der Waals surface area contributed by atoms with Crippen molar-refractivity contribution in [3.05, 3.63) is 40.7 Å². The van der Waals surface area contributed by atoms with E-state index >= 15 is 0 Å². The molecule has 1 aromatic heterocycles. The first-order valence-corrected chi connectivity index (χ1v) is 11.0. The summed E-state index contributed by atoms with van der Waals surface area (Å²) in [7, 11) is -1.36. The van der Waals surface area contributed by atoms with Crippen LogP contribution in [0.5, 0.6) is 0 Å². The molecular weight excluding hydrogens is 402 g/mol. The molecule has 0 saturated carbocycles.